The minimum atomic E-state index is -4.61. The van der Waals surface area contributed by atoms with Crippen molar-refractivity contribution in [1.82, 2.24) is 19.5 Å². The zero-order valence-corrected chi connectivity index (χ0v) is 16.7. The number of thiazole rings is 1. The van der Waals surface area contributed by atoms with Crippen molar-refractivity contribution in [2.75, 3.05) is 18.0 Å². The van der Waals surface area contributed by atoms with Crippen LogP contribution in [0.2, 0.25) is 0 Å². The van der Waals surface area contributed by atoms with Crippen molar-refractivity contribution in [2.45, 2.75) is 25.1 Å². The van der Waals surface area contributed by atoms with Crippen molar-refractivity contribution in [3.63, 3.8) is 0 Å². The lowest BCUT2D eigenvalue weighted by atomic mass is 9.60. The third-order valence-corrected chi connectivity index (χ3v) is 6.83. The fraction of sp³-hybridized carbons (Fsp3) is 0.368. The second-order valence-electron chi connectivity index (χ2n) is 8.02. The van der Waals surface area contributed by atoms with Gasteiger partial charge in [0.05, 0.1) is 29.2 Å². The van der Waals surface area contributed by atoms with Gasteiger partial charge in [0.2, 0.25) is 0 Å². The van der Waals surface area contributed by atoms with Crippen LogP contribution in [0.5, 0.6) is 0 Å². The molecule has 31 heavy (non-hydrogen) atoms. The maximum Gasteiger partial charge on any atom is 0.417 e. The Hall–Kier alpha value is -3.15. The average Bonchev–Trinajstić information content (AvgIpc) is 3.24. The Morgan fingerprint density at radius 2 is 1.97 bits per heavy atom. The van der Waals surface area contributed by atoms with E-state index in [0.717, 1.165) is 22.0 Å². The molecule has 1 saturated carbocycles. The highest BCUT2D eigenvalue weighted by molar-refractivity contribution is 7.15. The summed E-state index contributed by atoms with van der Waals surface area (Å²) < 4.78 is 40.6. The predicted octanol–water partition coefficient (Wildman–Crippen LogP) is 3.60. The summed E-state index contributed by atoms with van der Waals surface area (Å²) in [4.78, 5) is 31.5. The summed E-state index contributed by atoms with van der Waals surface area (Å²) in [6.45, 7) is 0.971. The van der Waals surface area contributed by atoms with Crippen molar-refractivity contribution < 1.29 is 27.9 Å². The highest BCUT2D eigenvalue weighted by Gasteiger charge is 2.56. The molecule has 1 spiro atoms. The van der Waals surface area contributed by atoms with E-state index in [9.17, 15) is 27.9 Å². The number of hydrogen-bond acceptors (Lipinski definition) is 5. The Kier molecular flexibility index (Phi) is 4.26. The molecule has 3 aromatic rings. The van der Waals surface area contributed by atoms with Gasteiger partial charge in [0.25, 0.3) is 5.91 Å². The van der Waals surface area contributed by atoms with Crippen LogP contribution in [-0.2, 0) is 6.18 Å². The molecule has 12 heteroatoms. The van der Waals surface area contributed by atoms with E-state index in [0.29, 0.717) is 37.7 Å². The normalized spacial score (nSPS) is 18.1. The van der Waals surface area contributed by atoms with Gasteiger partial charge in [-0.1, -0.05) is 0 Å². The van der Waals surface area contributed by atoms with Gasteiger partial charge in [-0.2, -0.15) is 18.3 Å². The van der Waals surface area contributed by atoms with Crippen LogP contribution in [0.1, 0.15) is 28.8 Å². The monoisotopic (exact) mass is 451 g/mol. The van der Waals surface area contributed by atoms with Gasteiger partial charge in [0.15, 0.2) is 0 Å². The van der Waals surface area contributed by atoms with Gasteiger partial charge in [0.1, 0.15) is 4.83 Å². The Labute approximate surface area is 177 Å². The van der Waals surface area contributed by atoms with Crippen LogP contribution in [0, 0.1) is 5.41 Å². The third-order valence-electron chi connectivity index (χ3n) is 5.94. The summed E-state index contributed by atoms with van der Waals surface area (Å²) >= 11 is 1.42. The first-order valence-electron chi connectivity index (χ1n) is 9.41. The molecule has 1 saturated heterocycles. The Morgan fingerprint density at radius 3 is 2.65 bits per heavy atom. The number of pyridine rings is 1. The fourth-order valence-electron chi connectivity index (χ4n) is 4.52. The summed E-state index contributed by atoms with van der Waals surface area (Å²) in [5.41, 5.74) is -0.769. The Balaban J connectivity index is 1.26. The van der Waals surface area contributed by atoms with Gasteiger partial charge in [-0.05, 0) is 18.9 Å². The number of likely N-dealkylation sites (tertiary alicyclic amines) is 1. The molecule has 1 aliphatic carbocycles. The molecule has 0 unspecified atom stereocenters. The molecule has 8 nitrogen and oxygen atoms in total. The molecule has 1 N–H and O–H groups in total. The van der Waals surface area contributed by atoms with Gasteiger partial charge in [-0.3, -0.25) is 14.7 Å². The molecule has 0 radical (unpaired) electrons. The van der Waals surface area contributed by atoms with E-state index in [4.69, 9.17) is 0 Å². The largest absolute Gasteiger partial charge is 0.465 e. The van der Waals surface area contributed by atoms with Crippen LogP contribution in [-0.4, -0.2) is 55.7 Å². The summed E-state index contributed by atoms with van der Waals surface area (Å²) in [5, 5.41) is 15.6. The molecule has 0 aromatic carbocycles. The first-order valence-corrected chi connectivity index (χ1v) is 10.3. The van der Waals surface area contributed by atoms with Crippen LogP contribution in [0.4, 0.5) is 23.7 Å². The summed E-state index contributed by atoms with van der Waals surface area (Å²) in [6, 6.07) is 0.342. The quantitative estimate of drug-likeness (QED) is 0.657. The lowest BCUT2D eigenvalue weighted by molar-refractivity contribution is -0.137. The maximum atomic E-state index is 13.0. The number of fused-ring (bicyclic) bond motifs is 1. The number of alkyl halides is 3. The van der Waals surface area contributed by atoms with E-state index in [1.807, 2.05) is 5.38 Å². The number of carbonyl (C=O) groups is 2. The molecule has 4 heterocycles. The van der Waals surface area contributed by atoms with Crippen LogP contribution in [0.25, 0.3) is 4.83 Å². The minimum absolute atomic E-state index is 0.102. The molecule has 2 amide bonds. The third kappa shape index (κ3) is 3.21. The molecule has 3 aromatic heterocycles. The molecule has 2 fully saturated rings. The van der Waals surface area contributed by atoms with E-state index < -0.39 is 23.9 Å². The zero-order valence-electron chi connectivity index (χ0n) is 15.9. The number of hydrogen-bond donors (Lipinski definition) is 1. The zero-order chi connectivity index (χ0) is 22.0. The SMILES string of the molecule is O=C(c1cnn2ccsc12)N1CC2(CC(N(C(=O)O)c3cncc(C(F)(F)F)c3)C2)C1. The number of carboxylic acid groups (broad SMARTS) is 1. The van der Waals surface area contributed by atoms with Gasteiger partial charge in [0, 0.05) is 42.3 Å². The molecule has 1 aliphatic heterocycles. The Bertz CT molecular complexity index is 1180. The Morgan fingerprint density at radius 1 is 1.23 bits per heavy atom. The van der Waals surface area contributed by atoms with Gasteiger partial charge >= 0.3 is 12.3 Å². The molecule has 0 bridgehead atoms. The van der Waals surface area contributed by atoms with Crippen LogP contribution < -0.4 is 4.90 Å². The van der Waals surface area contributed by atoms with Crippen molar-refractivity contribution in [1.29, 1.82) is 0 Å². The number of nitrogens with zero attached hydrogens (tertiary/aromatic N) is 5. The first-order chi connectivity index (χ1) is 14.7. The number of aromatic nitrogens is 3. The average molecular weight is 451 g/mol. The molecule has 5 rings (SSSR count). The first kappa shape index (κ1) is 19.8. The lowest BCUT2D eigenvalue weighted by Crippen LogP contribution is -2.68. The second-order valence-corrected chi connectivity index (χ2v) is 8.91. The molecule has 2 aliphatic rings. The van der Waals surface area contributed by atoms with Crippen LogP contribution in [0.3, 0.4) is 0 Å². The number of anilines is 1. The van der Waals surface area contributed by atoms with E-state index in [2.05, 4.69) is 10.1 Å². The van der Waals surface area contributed by atoms with E-state index in [1.165, 1.54) is 17.5 Å². The van der Waals surface area contributed by atoms with Crippen LogP contribution >= 0.6 is 11.3 Å². The predicted molar refractivity (Wildman–Crippen MR) is 104 cm³/mol. The standard InChI is InChI=1S/C19H16F3N5O3S/c20-19(21,22)11-3-12(7-23-6-11)27(17(29)30)13-4-18(5-13)9-25(10-18)15(28)14-8-24-26-1-2-31-16(14)26/h1-3,6-8,13H,4-5,9-10H2,(H,29,30). The summed E-state index contributed by atoms with van der Waals surface area (Å²) in [7, 11) is 0. The highest BCUT2D eigenvalue weighted by Crippen LogP contribution is 2.51. The molecular formula is C19H16F3N5O3S. The smallest absolute Gasteiger partial charge is 0.417 e. The fourth-order valence-corrected chi connectivity index (χ4v) is 5.31. The number of amides is 2. The number of halogens is 3. The van der Waals surface area contributed by atoms with Gasteiger partial charge in [-0.15, -0.1) is 11.3 Å². The van der Waals surface area contributed by atoms with Gasteiger partial charge < -0.3 is 10.0 Å². The lowest BCUT2D eigenvalue weighted by Gasteiger charge is -2.60. The van der Waals surface area contributed by atoms with Crippen molar-refractivity contribution >= 4 is 33.9 Å². The summed E-state index contributed by atoms with van der Waals surface area (Å²) in [6.07, 6.45) is 0.116. The van der Waals surface area contributed by atoms with Crippen molar-refractivity contribution in [3.8, 4) is 0 Å². The number of carbonyl (C=O) groups excluding carboxylic acids is 1. The molecule has 0 atom stereocenters. The molecular weight excluding hydrogens is 435 g/mol. The topological polar surface area (TPSA) is 91.0 Å². The summed E-state index contributed by atoms with van der Waals surface area (Å²) in [5.74, 6) is -0.122. The van der Waals surface area contributed by atoms with Crippen molar-refractivity contribution in [2.24, 2.45) is 5.41 Å². The highest BCUT2D eigenvalue weighted by atomic mass is 32.1. The minimum Gasteiger partial charge on any atom is -0.465 e. The van der Waals surface area contributed by atoms with Crippen molar-refractivity contribution in [3.05, 3.63) is 47.4 Å². The molecule has 162 valence electrons. The second kappa shape index (κ2) is 6.67. The van der Waals surface area contributed by atoms with E-state index >= 15 is 0 Å². The maximum absolute atomic E-state index is 13.0. The van der Waals surface area contributed by atoms with E-state index in [1.54, 1.807) is 15.6 Å². The van der Waals surface area contributed by atoms with E-state index in [-0.39, 0.29) is 17.0 Å². The van der Waals surface area contributed by atoms with Crippen LogP contribution in [0.15, 0.2) is 36.2 Å². The number of rotatable bonds is 3. The van der Waals surface area contributed by atoms with Gasteiger partial charge in [-0.25, -0.2) is 9.31 Å².